The average Bonchev–Trinajstić information content (AvgIpc) is 2.37. The quantitative estimate of drug-likeness (QED) is 0.867. The van der Waals surface area contributed by atoms with Crippen molar-refractivity contribution in [3.05, 3.63) is 48.0 Å². The Morgan fingerprint density at radius 2 is 1.78 bits per heavy atom. The number of rotatable bonds is 3. The van der Waals surface area contributed by atoms with E-state index < -0.39 is 12.0 Å². The number of carbonyl (C=O) groups is 2. The highest BCUT2D eigenvalue weighted by molar-refractivity contribution is 6.00. The summed E-state index contributed by atoms with van der Waals surface area (Å²) in [6.45, 7) is 1.43. The van der Waals surface area contributed by atoms with Crippen LogP contribution in [0.3, 0.4) is 0 Å². The molecule has 0 unspecified atom stereocenters. The van der Waals surface area contributed by atoms with Gasteiger partial charge in [-0.25, -0.2) is 0 Å². The number of carboxylic acids is 1. The summed E-state index contributed by atoms with van der Waals surface area (Å²) in [6, 6.07) is 12.1. The molecule has 4 nitrogen and oxygen atoms in total. The first-order chi connectivity index (χ1) is 8.58. The minimum Gasteiger partial charge on any atom is -0.480 e. The molecule has 1 amide bonds. The molecule has 2 N–H and O–H groups in total. The molecule has 0 spiro atoms. The van der Waals surface area contributed by atoms with E-state index in [1.165, 1.54) is 6.92 Å². The molecule has 2 aromatic rings. The Morgan fingerprint density at radius 3 is 2.44 bits per heavy atom. The standard InChI is InChI=1S/C14H13NO3/c1-9(14(17)18)15-13(16)12-7-6-10-4-2-3-5-11(10)8-12/h2-9H,1H3,(H,15,16)(H,17,18)/t9-/m0/s1. The van der Waals surface area contributed by atoms with Crippen molar-refractivity contribution in [1.82, 2.24) is 5.32 Å². The normalized spacial score (nSPS) is 12.1. The van der Waals surface area contributed by atoms with Gasteiger partial charge in [0.05, 0.1) is 0 Å². The largest absolute Gasteiger partial charge is 0.480 e. The second-order valence-electron chi connectivity index (χ2n) is 4.10. The topological polar surface area (TPSA) is 66.4 Å². The van der Waals surface area contributed by atoms with Crippen molar-refractivity contribution in [3.8, 4) is 0 Å². The third-order valence-electron chi connectivity index (χ3n) is 2.73. The molecule has 0 aliphatic carbocycles. The van der Waals surface area contributed by atoms with Crippen molar-refractivity contribution in [2.45, 2.75) is 13.0 Å². The molecule has 2 aromatic carbocycles. The van der Waals surface area contributed by atoms with E-state index in [9.17, 15) is 9.59 Å². The van der Waals surface area contributed by atoms with Crippen LogP contribution in [0.2, 0.25) is 0 Å². The lowest BCUT2D eigenvalue weighted by Crippen LogP contribution is -2.38. The van der Waals surface area contributed by atoms with E-state index >= 15 is 0 Å². The van der Waals surface area contributed by atoms with Crippen molar-refractivity contribution >= 4 is 22.6 Å². The van der Waals surface area contributed by atoms with Crippen molar-refractivity contribution in [3.63, 3.8) is 0 Å². The highest BCUT2D eigenvalue weighted by atomic mass is 16.4. The van der Waals surface area contributed by atoms with Crippen molar-refractivity contribution in [2.24, 2.45) is 0 Å². The van der Waals surface area contributed by atoms with Crippen LogP contribution in [0.5, 0.6) is 0 Å². The number of fused-ring (bicyclic) bond motifs is 1. The molecule has 0 saturated heterocycles. The molecule has 0 aliphatic heterocycles. The van der Waals surface area contributed by atoms with E-state index in [0.717, 1.165) is 10.8 Å². The molecule has 1 atom stereocenters. The van der Waals surface area contributed by atoms with E-state index in [0.29, 0.717) is 5.56 Å². The second-order valence-corrected chi connectivity index (χ2v) is 4.10. The number of carbonyl (C=O) groups excluding carboxylic acids is 1. The van der Waals surface area contributed by atoms with Crippen LogP contribution in [0, 0.1) is 0 Å². The lowest BCUT2D eigenvalue weighted by Gasteiger charge is -2.09. The van der Waals surface area contributed by atoms with E-state index in [-0.39, 0.29) is 5.91 Å². The van der Waals surface area contributed by atoms with Crippen LogP contribution in [-0.2, 0) is 4.79 Å². The molecule has 0 saturated carbocycles. The number of nitrogens with one attached hydrogen (secondary N) is 1. The molecule has 92 valence electrons. The molecule has 0 fully saturated rings. The van der Waals surface area contributed by atoms with Gasteiger partial charge >= 0.3 is 5.97 Å². The summed E-state index contributed by atoms with van der Waals surface area (Å²) in [5.41, 5.74) is 0.460. The predicted molar refractivity (Wildman–Crippen MR) is 68.5 cm³/mol. The number of carboxylic acid groups (broad SMARTS) is 1. The Balaban J connectivity index is 2.25. The van der Waals surface area contributed by atoms with Crippen LogP contribution >= 0.6 is 0 Å². The average molecular weight is 243 g/mol. The van der Waals surface area contributed by atoms with E-state index in [4.69, 9.17) is 5.11 Å². The van der Waals surface area contributed by atoms with E-state index in [2.05, 4.69) is 5.32 Å². The van der Waals surface area contributed by atoms with Gasteiger partial charge in [0.25, 0.3) is 5.91 Å². The van der Waals surface area contributed by atoms with Crippen LogP contribution in [0.4, 0.5) is 0 Å². The molecule has 0 heterocycles. The molecule has 0 bridgehead atoms. The van der Waals surface area contributed by atoms with Gasteiger partial charge in [0.2, 0.25) is 0 Å². The number of hydrogen-bond donors (Lipinski definition) is 2. The number of hydrogen-bond acceptors (Lipinski definition) is 2. The first-order valence-electron chi connectivity index (χ1n) is 5.60. The van der Waals surface area contributed by atoms with Gasteiger partial charge in [0.15, 0.2) is 0 Å². The molecular formula is C14H13NO3. The zero-order valence-electron chi connectivity index (χ0n) is 9.88. The highest BCUT2D eigenvalue weighted by Crippen LogP contribution is 2.15. The minimum atomic E-state index is -1.05. The first kappa shape index (κ1) is 12.1. The molecule has 4 heteroatoms. The third kappa shape index (κ3) is 2.48. The minimum absolute atomic E-state index is 0.379. The summed E-state index contributed by atoms with van der Waals surface area (Å²) in [5, 5.41) is 13.2. The summed E-state index contributed by atoms with van der Waals surface area (Å²) >= 11 is 0. The Morgan fingerprint density at radius 1 is 1.11 bits per heavy atom. The zero-order chi connectivity index (χ0) is 13.1. The maximum atomic E-state index is 11.8. The first-order valence-corrected chi connectivity index (χ1v) is 5.60. The molecule has 18 heavy (non-hydrogen) atoms. The van der Waals surface area contributed by atoms with Gasteiger partial charge in [0.1, 0.15) is 6.04 Å². The predicted octanol–water partition coefficient (Wildman–Crippen LogP) is 2.04. The summed E-state index contributed by atoms with van der Waals surface area (Å²) in [7, 11) is 0. The van der Waals surface area contributed by atoms with Crippen molar-refractivity contribution in [2.75, 3.05) is 0 Å². The maximum absolute atomic E-state index is 11.8. The number of aliphatic carboxylic acids is 1. The van der Waals surface area contributed by atoms with Crippen molar-refractivity contribution < 1.29 is 14.7 Å². The fourth-order valence-corrected chi connectivity index (χ4v) is 1.67. The molecular weight excluding hydrogens is 230 g/mol. The summed E-state index contributed by atoms with van der Waals surface area (Å²) in [6.07, 6.45) is 0. The van der Waals surface area contributed by atoms with Gasteiger partial charge in [-0.1, -0.05) is 30.3 Å². The number of amides is 1. The molecule has 2 rings (SSSR count). The summed E-state index contributed by atoms with van der Waals surface area (Å²) < 4.78 is 0. The third-order valence-corrected chi connectivity index (χ3v) is 2.73. The van der Waals surface area contributed by atoms with Gasteiger partial charge < -0.3 is 10.4 Å². The smallest absolute Gasteiger partial charge is 0.325 e. The van der Waals surface area contributed by atoms with E-state index in [1.54, 1.807) is 12.1 Å². The molecule has 0 radical (unpaired) electrons. The van der Waals surface area contributed by atoms with Crippen LogP contribution < -0.4 is 5.32 Å². The fourth-order valence-electron chi connectivity index (χ4n) is 1.67. The maximum Gasteiger partial charge on any atom is 0.325 e. The van der Waals surface area contributed by atoms with Gasteiger partial charge in [-0.3, -0.25) is 9.59 Å². The second kappa shape index (κ2) is 4.87. The lowest BCUT2D eigenvalue weighted by atomic mass is 10.1. The summed E-state index contributed by atoms with van der Waals surface area (Å²) in [5.74, 6) is -1.43. The Kier molecular flexibility index (Phi) is 3.28. The van der Waals surface area contributed by atoms with Gasteiger partial charge in [-0.15, -0.1) is 0 Å². The molecule has 0 aromatic heterocycles. The van der Waals surface area contributed by atoms with Gasteiger partial charge in [-0.2, -0.15) is 0 Å². The monoisotopic (exact) mass is 243 g/mol. The van der Waals surface area contributed by atoms with Crippen LogP contribution in [-0.4, -0.2) is 23.0 Å². The Hall–Kier alpha value is -2.36. The van der Waals surface area contributed by atoms with Crippen LogP contribution in [0.25, 0.3) is 10.8 Å². The highest BCUT2D eigenvalue weighted by Gasteiger charge is 2.15. The molecule has 0 aliphatic rings. The zero-order valence-corrected chi connectivity index (χ0v) is 9.88. The Bertz CT molecular complexity index is 607. The summed E-state index contributed by atoms with van der Waals surface area (Å²) in [4.78, 5) is 22.5. The van der Waals surface area contributed by atoms with E-state index in [1.807, 2.05) is 30.3 Å². The van der Waals surface area contributed by atoms with Gasteiger partial charge in [-0.05, 0) is 29.8 Å². The van der Waals surface area contributed by atoms with Crippen molar-refractivity contribution in [1.29, 1.82) is 0 Å². The lowest BCUT2D eigenvalue weighted by molar-refractivity contribution is -0.138. The van der Waals surface area contributed by atoms with Gasteiger partial charge in [0, 0.05) is 5.56 Å². The van der Waals surface area contributed by atoms with Crippen LogP contribution in [0.15, 0.2) is 42.5 Å². The SMILES string of the molecule is C[C@H](NC(=O)c1ccc2ccccc2c1)C(=O)O. The number of benzene rings is 2. The fraction of sp³-hybridized carbons (Fsp3) is 0.143. The Labute approximate surface area is 104 Å². The van der Waals surface area contributed by atoms with Crippen LogP contribution in [0.1, 0.15) is 17.3 Å².